The Balaban J connectivity index is 1.73. The number of sulfonamides is 1. The van der Waals surface area contributed by atoms with E-state index in [1.165, 1.54) is 18.2 Å². The lowest BCUT2D eigenvalue weighted by Gasteiger charge is -2.34. The van der Waals surface area contributed by atoms with Gasteiger partial charge in [0.1, 0.15) is 18.2 Å². The van der Waals surface area contributed by atoms with E-state index in [0.29, 0.717) is 45.3 Å². The topological polar surface area (TPSA) is 77.1 Å². The summed E-state index contributed by atoms with van der Waals surface area (Å²) in [5, 5.41) is 0. The third-order valence-corrected chi connectivity index (χ3v) is 6.63. The van der Waals surface area contributed by atoms with Crippen LogP contribution in [0.25, 0.3) is 0 Å². The molecule has 0 spiro atoms. The summed E-state index contributed by atoms with van der Waals surface area (Å²) < 4.78 is 58.0. The molecule has 0 aromatic heterocycles. The monoisotopic (exact) mass is 452 g/mol. The minimum absolute atomic E-state index is 0.166. The Bertz CT molecular complexity index is 947. The van der Waals surface area contributed by atoms with Gasteiger partial charge in [-0.15, -0.1) is 0 Å². The van der Waals surface area contributed by atoms with Crippen LogP contribution in [-0.2, 0) is 19.5 Å². The zero-order valence-electron chi connectivity index (χ0n) is 17.8. The van der Waals surface area contributed by atoms with Gasteiger partial charge < -0.3 is 14.2 Å². The molecule has 0 bridgehead atoms. The number of nitrogens with zero attached hydrogens (tertiary/aromatic N) is 1. The minimum atomic E-state index is -3.74. The van der Waals surface area contributed by atoms with E-state index in [0.717, 1.165) is 11.1 Å². The molecule has 0 saturated carbocycles. The molecule has 1 fully saturated rings. The summed E-state index contributed by atoms with van der Waals surface area (Å²) in [5.41, 5.74) is 1.58. The SMILES string of the molecule is COCCOc1ccc(S(=O)(=O)NCC(c2ccc(F)cc2)N2CCOCC2)cc1C. The highest BCUT2D eigenvalue weighted by Crippen LogP contribution is 2.24. The van der Waals surface area contributed by atoms with Gasteiger partial charge in [-0.25, -0.2) is 17.5 Å². The average Bonchev–Trinajstić information content (AvgIpc) is 2.77. The van der Waals surface area contributed by atoms with E-state index < -0.39 is 10.0 Å². The first kappa shape index (κ1) is 23.6. The Morgan fingerprint density at radius 2 is 1.84 bits per heavy atom. The van der Waals surface area contributed by atoms with Crippen molar-refractivity contribution in [3.05, 3.63) is 59.4 Å². The first-order chi connectivity index (χ1) is 14.9. The predicted octanol–water partition coefficient (Wildman–Crippen LogP) is 2.51. The van der Waals surface area contributed by atoms with Crippen LogP contribution in [0.2, 0.25) is 0 Å². The predicted molar refractivity (Wildman–Crippen MR) is 115 cm³/mol. The largest absolute Gasteiger partial charge is 0.491 e. The second-order valence-electron chi connectivity index (χ2n) is 7.34. The van der Waals surface area contributed by atoms with Crippen LogP contribution in [0.1, 0.15) is 17.2 Å². The molecular formula is C22H29FN2O5S. The summed E-state index contributed by atoms with van der Waals surface area (Å²) in [5.74, 6) is 0.293. The van der Waals surface area contributed by atoms with Gasteiger partial charge in [0.15, 0.2) is 0 Å². The Labute approximate surface area is 183 Å². The zero-order chi connectivity index (χ0) is 22.3. The van der Waals surface area contributed by atoms with E-state index in [1.54, 1.807) is 38.3 Å². The van der Waals surface area contributed by atoms with Crippen LogP contribution in [0.15, 0.2) is 47.4 Å². The summed E-state index contributed by atoms with van der Waals surface area (Å²) in [6.07, 6.45) is 0. The lowest BCUT2D eigenvalue weighted by molar-refractivity contribution is 0.0172. The molecule has 3 rings (SSSR count). The molecule has 1 atom stereocenters. The Morgan fingerprint density at radius 1 is 1.13 bits per heavy atom. The second kappa shape index (κ2) is 11.0. The van der Waals surface area contributed by atoms with Gasteiger partial charge in [0.05, 0.1) is 24.7 Å². The van der Waals surface area contributed by atoms with Crippen molar-refractivity contribution < 1.29 is 27.0 Å². The smallest absolute Gasteiger partial charge is 0.240 e. The van der Waals surface area contributed by atoms with Crippen LogP contribution in [0.3, 0.4) is 0 Å². The summed E-state index contributed by atoms with van der Waals surface area (Å²) in [4.78, 5) is 2.32. The average molecular weight is 453 g/mol. The molecule has 1 N–H and O–H groups in total. The molecule has 0 aliphatic carbocycles. The number of benzene rings is 2. The highest BCUT2D eigenvalue weighted by molar-refractivity contribution is 7.89. The molecule has 170 valence electrons. The maximum absolute atomic E-state index is 13.4. The van der Waals surface area contributed by atoms with Gasteiger partial charge in [-0.2, -0.15) is 0 Å². The first-order valence-electron chi connectivity index (χ1n) is 10.2. The maximum atomic E-state index is 13.4. The van der Waals surface area contributed by atoms with Crippen LogP contribution in [0.5, 0.6) is 5.75 Å². The Hall–Kier alpha value is -2.04. The van der Waals surface area contributed by atoms with Crippen LogP contribution < -0.4 is 9.46 Å². The lowest BCUT2D eigenvalue weighted by atomic mass is 10.0. The molecule has 1 saturated heterocycles. The van der Waals surface area contributed by atoms with Gasteiger partial charge in [-0.05, 0) is 48.4 Å². The van der Waals surface area contributed by atoms with E-state index in [-0.39, 0.29) is 23.3 Å². The van der Waals surface area contributed by atoms with Crippen molar-refractivity contribution in [1.82, 2.24) is 9.62 Å². The van der Waals surface area contributed by atoms with Crippen molar-refractivity contribution in [3.8, 4) is 5.75 Å². The third-order valence-electron chi connectivity index (χ3n) is 5.21. The fourth-order valence-corrected chi connectivity index (χ4v) is 4.61. The zero-order valence-corrected chi connectivity index (χ0v) is 18.7. The molecule has 2 aromatic rings. The van der Waals surface area contributed by atoms with Crippen molar-refractivity contribution in [2.75, 3.05) is 53.2 Å². The second-order valence-corrected chi connectivity index (χ2v) is 9.10. The number of rotatable bonds is 10. The third kappa shape index (κ3) is 6.47. The van der Waals surface area contributed by atoms with Crippen molar-refractivity contribution in [2.24, 2.45) is 0 Å². The van der Waals surface area contributed by atoms with E-state index in [9.17, 15) is 12.8 Å². The van der Waals surface area contributed by atoms with Gasteiger partial charge in [-0.3, -0.25) is 4.90 Å². The molecule has 1 unspecified atom stereocenters. The van der Waals surface area contributed by atoms with Gasteiger partial charge in [-0.1, -0.05) is 12.1 Å². The van der Waals surface area contributed by atoms with Gasteiger partial charge in [0, 0.05) is 32.8 Å². The van der Waals surface area contributed by atoms with Crippen LogP contribution in [0, 0.1) is 12.7 Å². The number of hydrogen-bond donors (Lipinski definition) is 1. The molecular weight excluding hydrogens is 423 g/mol. The number of aryl methyl sites for hydroxylation is 1. The molecule has 1 heterocycles. The van der Waals surface area contributed by atoms with Gasteiger partial charge in [0.2, 0.25) is 10.0 Å². The number of hydrogen-bond acceptors (Lipinski definition) is 6. The summed E-state index contributed by atoms with van der Waals surface area (Å²) in [6.45, 7) is 5.32. The molecule has 0 amide bonds. The fraction of sp³-hybridized carbons (Fsp3) is 0.455. The van der Waals surface area contributed by atoms with Crippen LogP contribution in [-0.4, -0.2) is 66.5 Å². The number of nitrogens with one attached hydrogen (secondary N) is 1. The van der Waals surface area contributed by atoms with Crippen LogP contribution >= 0.6 is 0 Å². The summed E-state index contributed by atoms with van der Waals surface area (Å²) >= 11 is 0. The number of ether oxygens (including phenoxy) is 3. The van der Waals surface area contributed by atoms with Crippen molar-refractivity contribution in [2.45, 2.75) is 17.9 Å². The number of methoxy groups -OCH3 is 1. The highest BCUT2D eigenvalue weighted by atomic mass is 32.2. The van der Waals surface area contributed by atoms with Gasteiger partial charge in [0.25, 0.3) is 0 Å². The lowest BCUT2D eigenvalue weighted by Crippen LogP contribution is -2.43. The minimum Gasteiger partial charge on any atom is -0.491 e. The fourth-order valence-electron chi connectivity index (χ4n) is 3.49. The molecule has 7 nitrogen and oxygen atoms in total. The quantitative estimate of drug-likeness (QED) is 0.559. The molecule has 1 aliphatic heterocycles. The van der Waals surface area contributed by atoms with E-state index in [2.05, 4.69) is 9.62 Å². The molecule has 31 heavy (non-hydrogen) atoms. The van der Waals surface area contributed by atoms with Crippen LogP contribution in [0.4, 0.5) is 4.39 Å². The van der Waals surface area contributed by atoms with Crippen molar-refractivity contribution in [3.63, 3.8) is 0 Å². The molecule has 1 aliphatic rings. The normalized spacial score (nSPS) is 16.2. The molecule has 2 aromatic carbocycles. The first-order valence-corrected chi connectivity index (χ1v) is 11.7. The van der Waals surface area contributed by atoms with E-state index in [4.69, 9.17) is 14.2 Å². The van der Waals surface area contributed by atoms with E-state index in [1.807, 2.05) is 0 Å². The molecule has 9 heteroatoms. The van der Waals surface area contributed by atoms with Crippen molar-refractivity contribution >= 4 is 10.0 Å². The number of morpholine rings is 1. The number of halogens is 1. The maximum Gasteiger partial charge on any atom is 0.240 e. The standard InChI is InChI=1S/C22H29FN2O5S/c1-17-15-20(7-8-22(17)30-14-13-28-2)31(26,27)24-16-21(25-9-11-29-12-10-25)18-3-5-19(23)6-4-18/h3-8,15,21,24H,9-14,16H2,1-2H3. The van der Waals surface area contributed by atoms with Gasteiger partial charge >= 0.3 is 0 Å². The Morgan fingerprint density at radius 3 is 2.48 bits per heavy atom. The Kier molecular flexibility index (Phi) is 8.39. The summed E-state index contributed by atoms with van der Waals surface area (Å²) in [7, 11) is -2.15. The van der Waals surface area contributed by atoms with E-state index >= 15 is 0 Å². The van der Waals surface area contributed by atoms with Crippen molar-refractivity contribution in [1.29, 1.82) is 0 Å². The summed E-state index contributed by atoms with van der Waals surface area (Å²) in [6, 6.07) is 10.7. The molecule has 0 radical (unpaired) electrons. The highest BCUT2D eigenvalue weighted by Gasteiger charge is 2.25.